The maximum Gasteiger partial charge on any atom is 0.0178 e. The second-order valence-electron chi connectivity index (χ2n) is 5.59. The summed E-state index contributed by atoms with van der Waals surface area (Å²) in [6.07, 6.45) is 2.60. The van der Waals surface area contributed by atoms with E-state index in [0.29, 0.717) is 10.8 Å². The Hall–Kier alpha value is -0.300. The summed E-state index contributed by atoms with van der Waals surface area (Å²) in [6.45, 7) is 7.08. The Morgan fingerprint density at radius 1 is 1.14 bits per heavy atom. The smallest absolute Gasteiger partial charge is 0.0178 e. The number of hydrogen-bond acceptors (Lipinski definition) is 0. The van der Waals surface area contributed by atoms with Gasteiger partial charge in [-0.1, -0.05) is 48.8 Å². The third-order valence-corrected chi connectivity index (χ3v) is 3.75. The number of hydrogen-bond donors (Lipinski definition) is 0. The summed E-state index contributed by atoms with van der Waals surface area (Å²) in [5.41, 5.74) is 2.43. The van der Waals surface area contributed by atoms with Crippen molar-refractivity contribution in [3.63, 3.8) is 0 Å². The van der Waals surface area contributed by atoms with Crippen LogP contribution in [0.4, 0.5) is 0 Å². The van der Waals surface area contributed by atoms with E-state index in [-0.39, 0.29) is 0 Å². The van der Waals surface area contributed by atoms with E-state index in [1.165, 1.54) is 22.9 Å². The van der Waals surface area contributed by atoms with Crippen molar-refractivity contribution in [2.24, 2.45) is 5.41 Å². The van der Waals surface area contributed by atoms with Gasteiger partial charge in [0.2, 0.25) is 0 Å². The molecule has 1 aliphatic rings. The highest BCUT2D eigenvalue weighted by molar-refractivity contribution is 9.10. The molecular weight excluding hydrogens is 236 g/mol. The zero-order valence-corrected chi connectivity index (χ0v) is 10.7. The van der Waals surface area contributed by atoms with Gasteiger partial charge in [0.1, 0.15) is 0 Å². The summed E-state index contributed by atoms with van der Waals surface area (Å²) in [5.74, 6) is 0. The third kappa shape index (κ3) is 1.75. The first-order valence-corrected chi connectivity index (χ1v) is 5.97. The van der Waals surface area contributed by atoms with E-state index in [0.717, 1.165) is 0 Å². The first-order valence-electron chi connectivity index (χ1n) is 5.17. The molecule has 1 aromatic carbocycles. The highest BCUT2D eigenvalue weighted by atomic mass is 79.9. The second-order valence-corrected chi connectivity index (χ2v) is 6.50. The van der Waals surface area contributed by atoms with Gasteiger partial charge in [0.25, 0.3) is 0 Å². The van der Waals surface area contributed by atoms with E-state index >= 15 is 0 Å². The predicted octanol–water partition coefficient (Wildman–Crippen LogP) is 4.53. The van der Waals surface area contributed by atoms with Gasteiger partial charge in [0.15, 0.2) is 0 Å². The Balaban J connectivity index is 2.25. The first-order chi connectivity index (χ1) is 6.41. The van der Waals surface area contributed by atoms with Crippen molar-refractivity contribution in [1.29, 1.82) is 0 Å². The van der Waals surface area contributed by atoms with Gasteiger partial charge >= 0.3 is 0 Å². The van der Waals surface area contributed by atoms with Crippen molar-refractivity contribution in [2.45, 2.75) is 39.0 Å². The molecule has 0 heterocycles. The highest BCUT2D eigenvalue weighted by Crippen LogP contribution is 2.55. The van der Waals surface area contributed by atoms with Crippen molar-refractivity contribution in [2.75, 3.05) is 0 Å². The molecule has 0 atom stereocenters. The fraction of sp³-hybridized carbons (Fsp3) is 0.538. The van der Waals surface area contributed by atoms with Crippen LogP contribution in [0.3, 0.4) is 0 Å². The lowest BCUT2D eigenvalue weighted by Gasteiger charge is -2.52. The van der Waals surface area contributed by atoms with Crippen molar-refractivity contribution >= 4 is 15.9 Å². The minimum Gasteiger partial charge on any atom is -0.0609 e. The molecule has 76 valence electrons. The number of rotatable bonds is 1. The monoisotopic (exact) mass is 252 g/mol. The molecule has 0 radical (unpaired) electrons. The first kappa shape index (κ1) is 10.2. The second kappa shape index (κ2) is 3.10. The van der Waals surface area contributed by atoms with Crippen molar-refractivity contribution in [3.8, 4) is 0 Å². The van der Waals surface area contributed by atoms with Gasteiger partial charge in [0, 0.05) is 4.47 Å². The van der Waals surface area contributed by atoms with Gasteiger partial charge in [-0.15, -0.1) is 0 Å². The quantitative estimate of drug-likeness (QED) is 0.689. The normalized spacial score (nSPS) is 22.9. The van der Waals surface area contributed by atoms with E-state index in [4.69, 9.17) is 0 Å². The molecule has 1 aromatic rings. The highest BCUT2D eigenvalue weighted by Gasteiger charge is 2.46. The SMILES string of the molecule is CC1(C)CC(C)(c2cccc(Br)c2)C1. The molecule has 0 bridgehead atoms. The minimum absolute atomic E-state index is 0.410. The summed E-state index contributed by atoms with van der Waals surface area (Å²) in [6, 6.07) is 8.74. The third-order valence-electron chi connectivity index (χ3n) is 3.26. The topological polar surface area (TPSA) is 0 Å². The standard InChI is InChI=1S/C13H17Br/c1-12(2)8-13(3,9-12)10-5-4-6-11(14)7-10/h4-7H,8-9H2,1-3H3. The summed E-state index contributed by atoms with van der Waals surface area (Å²) < 4.78 is 1.20. The van der Waals surface area contributed by atoms with Gasteiger partial charge in [-0.25, -0.2) is 0 Å². The molecule has 0 nitrogen and oxygen atoms in total. The molecule has 0 saturated heterocycles. The largest absolute Gasteiger partial charge is 0.0609 e. The predicted molar refractivity (Wildman–Crippen MR) is 64.5 cm³/mol. The maximum atomic E-state index is 3.54. The number of halogens is 1. The van der Waals surface area contributed by atoms with Gasteiger partial charge in [0.05, 0.1) is 0 Å². The van der Waals surface area contributed by atoms with Crippen LogP contribution in [0.1, 0.15) is 39.2 Å². The van der Waals surface area contributed by atoms with Gasteiger partial charge in [-0.2, -0.15) is 0 Å². The Morgan fingerprint density at radius 2 is 1.79 bits per heavy atom. The van der Waals surface area contributed by atoms with Crippen LogP contribution in [0.15, 0.2) is 28.7 Å². The molecule has 2 rings (SSSR count). The molecule has 1 fully saturated rings. The molecule has 1 heteroatoms. The van der Waals surface area contributed by atoms with Gasteiger partial charge in [-0.3, -0.25) is 0 Å². The van der Waals surface area contributed by atoms with Gasteiger partial charge in [-0.05, 0) is 41.4 Å². The Kier molecular flexibility index (Phi) is 2.26. The molecule has 0 unspecified atom stereocenters. The Labute approximate surface area is 94.8 Å². The summed E-state index contributed by atoms with van der Waals surface area (Å²) in [5, 5.41) is 0. The van der Waals surface area contributed by atoms with Crippen molar-refractivity contribution in [1.82, 2.24) is 0 Å². The van der Waals surface area contributed by atoms with Crippen LogP contribution in [0.5, 0.6) is 0 Å². The summed E-state index contributed by atoms with van der Waals surface area (Å²) in [4.78, 5) is 0. The zero-order valence-electron chi connectivity index (χ0n) is 9.10. The fourth-order valence-corrected chi connectivity index (χ4v) is 3.53. The van der Waals surface area contributed by atoms with E-state index in [1.807, 2.05) is 0 Å². The van der Waals surface area contributed by atoms with Crippen LogP contribution >= 0.6 is 15.9 Å². The van der Waals surface area contributed by atoms with Gasteiger partial charge < -0.3 is 0 Å². The molecule has 1 aliphatic carbocycles. The zero-order chi connectivity index (χ0) is 10.4. The van der Waals surface area contributed by atoms with Crippen molar-refractivity contribution < 1.29 is 0 Å². The van der Waals surface area contributed by atoms with Crippen LogP contribution in [-0.2, 0) is 5.41 Å². The van der Waals surface area contributed by atoms with Crippen LogP contribution in [0, 0.1) is 5.41 Å². The minimum atomic E-state index is 0.410. The maximum absolute atomic E-state index is 3.54. The Bertz CT molecular complexity index is 344. The van der Waals surface area contributed by atoms with E-state index < -0.39 is 0 Å². The summed E-state index contributed by atoms with van der Waals surface area (Å²) in [7, 11) is 0. The molecule has 0 N–H and O–H groups in total. The van der Waals surface area contributed by atoms with E-state index in [1.54, 1.807) is 0 Å². The van der Waals surface area contributed by atoms with Crippen molar-refractivity contribution in [3.05, 3.63) is 34.3 Å². The summed E-state index contributed by atoms with van der Waals surface area (Å²) >= 11 is 3.54. The van der Waals surface area contributed by atoms with E-state index in [2.05, 4.69) is 61.0 Å². The van der Waals surface area contributed by atoms with Crippen LogP contribution in [-0.4, -0.2) is 0 Å². The Morgan fingerprint density at radius 3 is 2.29 bits per heavy atom. The number of benzene rings is 1. The fourth-order valence-electron chi connectivity index (χ4n) is 3.13. The molecule has 0 aromatic heterocycles. The lowest BCUT2D eigenvalue weighted by Crippen LogP contribution is -2.44. The van der Waals surface area contributed by atoms with Crippen LogP contribution < -0.4 is 0 Å². The average Bonchev–Trinajstić information content (AvgIpc) is 2.00. The lowest BCUT2D eigenvalue weighted by molar-refractivity contribution is 0.0717. The molecule has 14 heavy (non-hydrogen) atoms. The molecule has 1 saturated carbocycles. The molecule has 0 amide bonds. The van der Waals surface area contributed by atoms with E-state index in [9.17, 15) is 0 Å². The van der Waals surface area contributed by atoms with Crippen LogP contribution in [0.25, 0.3) is 0 Å². The lowest BCUT2D eigenvalue weighted by atomic mass is 9.53. The average molecular weight is 253 g/mol. The molecular formula is C13H17Br. The van der Waals surface area contributed by atoms with Crippen LogP contribution in [0.2, 0.25) is 0 Å². The molecule has 0 aliphatic heterocycles. The molecule has 0 spiro atoms.